The fourth-order valence-corrected chi connectivity index (χ4v) is 2.75. The Hall–Kier alpha value is -1.83. The minimum atomic E-state index is -4.38. The third kappa shape index (κ3) is 6.53. The van der Waals surface area contributed by atoms with Crippen LogP contribution in [0.25, 0.3) is 0 Å². The zero-order valence-electron chi connectivity index (χ0n) is 14.5. The van der Waals surface area contributed by atoms with E-state index in [0.29, 0.717) is 25.5 Å². The first-order valence-corrected chi connectivity index (χ1v) is 8.60. The molecule has 1 aliphatic rings. The van der Waals surface area contributed by atoms with Gasteiger partial charge in [0.15, 0.2) is 0 Å². The molecule has 1 aliphatic heterocycles. The molecule has 25 heavy (non-hydrogen) atoms. The monoisotopic (exact) mass is 358 g/mol. The van der Waals surface area contributed by atoms with Crippen molar-refractivity contribution in [3.05, 3.63) is 23.9 Å². The largest absolute Gasteiger partial charge is 0.417 e. The lowest BCUT2D eigenvalue weighted by molar-refractivity contribution is -0.137. The molecular formula is C17H25F3N4O. The van der Waals surface area contributed by atoms with Gasteiger partial charge in [-0.15, -0.1) is 0 Å². The van der Waals surface area contributed by atoms with E-state index in [9.17, 15) is 18.0 Å². The molecule has 2 rings (SSSR count). The molecule has 0 atom stereocenters. The van der Waals surface area contributed by atoms with E-state index in [4.69, 9.17) is 0 Å². The van der Waals surface area contributed by atoms with Crippen LogP contribution in [0.15, 0.2) is 18.3 Å². The lowest BCUT2D eigenvalue weighted by Crippen LogP contribution is -2.40. The normalized spacial score (nSPS) is 16.3. The zero-order valence-corrected chi connectivity index (χ0v) is 14.5. The summed E-state index contributed by atoms with van der Waals surface area (Å²) in [6.07, 6.45) is 1.15. The molecule has 0 radical (unpaired) electrons. The molecule has 0 bridgehead atoms. The van der Waals surface area contributed by atoms with Crippen molar-refractivity contribution in [3.8, 4) is 0 Å². The summed E-state index contributed by atoms with van der Waals surface area (Å²) in [4.78, 5) is 19.8. The van der Waals surface area contributed by atoms with Gasteiger partial charge in [0, 0.05) is 26.3 Å². The van der Waals surface area contributed by atoms with Crippen LogP contribution in [0.5, 0.6) is 0 Å². The van der Waals surface area contributed by atoms with Crippen molar-refractivity contribution < 1.29 is 18.0 Å². The molecule has 5 nitrogen and oxygen atoms in total. The first-order chi connectivity index (χ1) is 11.9. The van der Waals surface area contributed by atoms with Gasteiger partial charge in [0.2, 0.25) is 5.91 Å². The van der Waals surface area contributed by atoms with E-state index in [2.05, 4.69) is 15.2 Å². The van der Waals surface area contributed by atoms with Crippen molar-refractivity contribution in [2.75, 3.05) is 45.1 Å². The van der Waals surface area contributed by atoms with Crippen molar-refractivity contribution >= 4 is 11.7 Å². The highest BCUT2D eigenvalue weighted by atomic mass is 19.4. The van der Waals surface area contributed by atoms with Gasteiger partial charge >= 0.3 is 6.18 Å². The van der Waals surface area contributed by atoms with Crippen molar-refractivity contribution in [2.24, 2.45) is 0 Å². The Morgan fingerprint density at radius 2 is 1.92 bits per heavy atom. The van der Waals surface area contributed by atoms with E-state index in [0.717, 1.165) is 38.2 Å². The van der Waals surface area contributed by atoms with E-state index < -0.39 is 11.7 Å². The number of anilines is 1. The number of rotatable bonds is 6. The molecule has 140 valence electrons. The van der Waals surface area contributed by atoms with Crippen LogP contribution >= 0.6 is 0 Å². The van der Waals surface area contributed by atoms with Gasteiger partial charge in [-0.2, -0.15) is 13.2 Å². The highest BCUT2D eigenvalue weighted by molar-refractivity contribution is 5.78. The van der Waals surface area contributed by atoms with Crippen LogP contribution < -0.4 is 5.32 Å². The number of likely N-dealkylation sites (tertiary alicyclic amines) is 1. The topological polar surface area (TPSA) is 48.5 Å². The molecule has 0 aliphatic carbocycles. The van der Waals surface area contributed by atoms with Crippen molar-refractivity contribution in [1.82, 2.24) is 14.8 Å². The number of amides is 1. The second kappa shape index (κ2) is 9.03. The van der Waals surface area contributed by atoms with Gasteiger partial charge in [-0.3, -0.25) is 9.69 Å². The Morgan fingerprint density at radius 3 is 2.48 bits per heavy atom. The number of likely N-dealkylation sites (N-methyl/N-ethyl adjacent to an activating group) is 1. The van der Waals surface area contributed by atoms with E-state index in [1.807, 2.05) is 0 Å². The number of pyridine rings is 1. The maximum absolute atomic E-state index is 12.5. The Labute approximate surface area is 146 Å². The molecule has 1 aromatic rings. The molecular weight excluding hydrogens is 333 g/mol. The molecule has 1 aromatic heterocycles. The quantitative estimate of drug-likeness (QED) is 0.850. The van der Waals surface area contributed by atoms with Crippen LogP contribution in [0.4, 0.5) is 19.0 Å². The second-order valence-electron chi connectivity index (χ2n) is 6.36. The Kier molecular flexibility index (Phi) is 7.04. The van der Waals surface area contributed by atoms with Crippen LogP contribution in [0, 0.1) is 0 Å². The molecule has 0 spiro atoms. The van der Waals surface area contributed by atoms with Gasteiger partial charge in [0.25, 0.3) is 0 Å². The summed E-state index contributed by atoms with van der Waals surface area (Å²) >= 11 is 0. The summed E-state index contributed by atoms with van der Waals surface area (Å²) in [5.74, 6) is 0.422. The molecule has 2 heterocycles. The third-order valence-electron chi connectivity index (χ3n) is 4.33. The third-order valence-corrected chi connectivity index (χ3v) is 4.33. The standard InChI is InChI=1S/C17H25F3N4O/c1-23(16(25)13-24-9-4-2-3-5-10-24)11-8-21-15-7-6-14(12-22-15)17(18,19)20/h6-7,12H,2-5,8-11,13H2,1H3,(H,21,22). The van der Waals surface area contributed by atoms with Crippen LogP contribution in [0.3, 0.4) is 0 Å². The first kappa shape index (κ1) is 19.5. The highest BCUT2D eigenvalue weighted by Gasteiger charge is 2.30. The first-order valence-electron chi connectivity index (χ1n) is 8.60. The maximum atomic E-state index is 12.5. The van der Waals surface area contributed by atoms with Gasteiger partial charge in [-0.1, -0.05) is 12.8 Å². The van der Waals surface area contributed by atoms with Gasteiger partial charge in [0.1, 0.15) is 5.82 Å². The van der Waals surface area contributed by atoms with E-state index in [1.165, 1.54) is 18.9 Å². The summed E-state index contributed by atoms with van der Waals surface area (Å²) in [6, 6.07) is 2.28. The number of hydrogen-bond acceptors (Lipinski definition) is 4. The lowest BCUT2D eigenvalue weighted by Gasteiger charge is -2.23. The lowest BCUT2D eigenvalue weighted by atomic mass is 10.2. The van der Waals surface area contributed by atoms with Crippen molar-refractivity contribution in [3.63, 3.8) is 0 Å². The number of nitrogens with zero attached hydrogens (tertiary/aromatic N) is 3. The minimum Gasteiger partial charge on any atom is -0.368 e. The molecule has 1 N–H and O–H groups in total. The van der Waals surface area contributed by atoms with Gasteiger partial charge in [-0.25, -0.2) is 4.98 Å². The molecule has 1 fully saturated rings. The Bertz CT molecular complexity index is 540. The molecule has 0 unspecified atom stereocenters. The number of halogens is 3. The highest BCUT2D eigenvalue weighted by Crippen LogP contribution is 2.28. The summed E-state index contributed by atoms with van der Waals surface area (Å²) in [5.41, 5.74) is -0.775. The van der Waals surface area contributed by atoms with Gasteiger partial charge in [-0.05, 0) is 38.1 Å². The summed E-state index contributed by atoms with van der Waals surface area (Å²) in [6.45, 7) is 3.26. The van der Waals surface area contributed by atoms with Crippen LogP contribution in [-0.4, -0.2) is 60.5 Å². The molecule has 0 saturated carbocycles. The number of nitrogens with one attached hydrogen (secondary N) is 1. The predicted octanol–water partition coefficient (Wildman–Crippen LogP) is 2.85. The Balaban J connectivity index is 1.72. The Morgan fingerprint density at radius 1 is 1.24 bits per heavy atom. The van der Waals surface area contributed by atoms with Gasteiger partial charge < -0.3 is 10.2 Å². The number of alkyl halides is 3. The predicted molar refractivity (Wildman–Crippen MR) is 90.3 cm³/mol. The summed E-state index contributed by atoms with van der Waals surface area (Å²) < 4.78 is 37.4. The molecule has 0 aromatic carbocycles. The van der Waals surface area contributed by atoms with E-state index >= 15 is 0 Å². The second-order valence-corrected chi connectivity index (χ2v) is 6.36. The van der Waals surface area contributed by atoms with Crippen LogP contribution in [0.1, 0.15) is 31.2 Å². The maximum Gasteiger partial charge on any atom is 0.417 e. The molecule has 1 amide bonds. The smallest absolute Gasteiger partial charge is 0.368 e. The fourth-order valence-electron chi connectivity index (χ4n) is 2.75. The number of carbonyl (C=O) groups is 1. The average molecular weight is 358 g/mol. The summed E-state index contributed by atoms with van der Waals surface area (Å²) in [5, 5.41) is 2.94. The van der Waals surface area contributed by atoms with Crippen LogP contribution in [-0.2, 0) is 11.0 Å². The fraction of sp³-hybridized carbons (Fsp3) is 0.647. The van der Waals surface area contributed by atoms with E-state index in [-0.39, 0.29) is 5.91 Å². The number of aromatic nitrogens is 1. The van der Waals surface area contributed by atoms with Crippen molar-refractivity contribution in [2.45, 2.75) is 31.9 Å². The van der Waals surface area contributed by atoms with Crippen LogP contribution in [0.2, 0.25) is 0 Å². The minimum absolute atomic E-state index is 0.0593. The SMILES string of the molecule is CN(CCNc1ccc(C(F)(F)F)cn1)C(=O)CN1CCCCCC1. The average Bonchev–Trinajstić information content (AvgIpc) is 2.83. The molecule has 8 heteroatoms. The summed E-state index contributed by atoms with van der Waals surface area (Å²) in [7, 11) is 1.74. The zero-order chi connectivity index (χ0) is 18.3. The van der Waals surface area contributed by atoms with Crippen molar-refractivity contribution in [1.29, 1.82) is 0 Å². The van der Waals surface area contributed by atoms with Gasteiger partial charge in [0.05, 0.1) is 12.1 Å². The molecule has 1 saturated heterocycles. The van der Waals surface area contributed by atoms with E-state index in [1.54, 1.807) is 11.9 Å². The number of carbonyl (C=O) groups excluding carboxylic acids is 1. The number of hydrogen-bond donors (Lipinski definition) is 1.